The van der Waals surface area contributed by atoms with Crippen LogP contribution in [0.15, 0.2) is 22.7 Å². The average molecular weight is 300 g/mol. The Morgan fingerprint density at radius 1 is 1.47 bits per heavy atom. The van der Waals surface area contributed by atoms with E-state index in [2.05, 4.69) is 21.2 Å². The van der Waals surface area contributed by atoms with Crippen molar-refractivity contribution in [3.05, 3.63) is 22.7 Å². The predicted octanol–water partition coefficient (Wildman–Crippen LogP) is 1.44. The summed E-state index contributed by atoms with van der Waals surface area (Å²) < 4.78 is 6.43. The standard InChI is InChI=1S/C11H14BrN3O2/c12-8-5-9(13)7-10(6-8)17-4-3-15-2-1-14-11(15)16/h5-7H,1-4,13H2,(H,14,16). The number of hydrogen-bond acceptors (Lipinski definition) is 3. The molecule has 2 rings (SSSR count). The van der Waals surface area contributed by atoms with E-state index in [4.69, 9.17) is 10.5 Å². The second-order valence-electron chi connectivity index (χ2n) is 3.79. The van der Waals surface area contributed by atoms with E-state index < -0.39 is 0 Å². The highest BCUT2D eigenvalue weighted by atomic mass is 79.9. The molecule has 1 heterocycles. The Morgan fingerprint density at radius 3 is 2.94 bits per heavy atom. The van der Waals surface area contributed by atoms with Crippen molar-refractivity contribution >= 4 is 27.6 Å². The fourth-order valence-corrected chi connectivity index (χ4v) is 2.16. The summed E-state index contributed by atoms with van der Waals surface area (Å²) in [6, 6.07) is 5.39. The lowest BCUT2D eigenvalue weighted by Gasteiger charge is -2.14. The van der Waals surface area contributed by atoms with Gasteiger partial charge in [0.2, 0.25) is 0 Å². The Morgan fingerprint density at radius 2 is 2.29 bits per heavy atom. The van der Waals surface area contributed by atoms with E-state index in [0.29, 0.717) is 31.1 Å². The number of benzene rings is 1. The maximum absolute atomic E-state index is 11.3. The number of amides is 2. The summed E-state index contributed by atoms with van der Waals surface area (Å²) >= 11 is 3.35. The summed E-state index contributed by atoms with van der Waals surface area (Å²) in [5.74, 6) is 0.705. The number of nitrogens with zero attached hydrogens (tertiary/aromatic N) is 1. The van der Waals surface area contributed by atoms with E-state index in [1.54, 1.807) is 17.0 Å². The van der Waals surface area contributed by atoms with Crippen LogP contribution in [0.1, 0.15) is 0 Å². The fourth-order valence-electron chi connectivity index (χ4n) is 1.67. The third-order valence-electron chi connectivity index (χ3n) is 2.47. The molecule has 0 aromatic heterocycles. The zero-order chi connectivity index (χ0) is 12.3. The summed E-state index contributed by atoms with van der Waals surface area (Å²) in [5.41, 5.74) is 6.34. The van der Waals surface area contributed by atoms with Crippen LogP contribution in [0.2, 0.25) is 0 Å². The Kier molecular flexibility index (Phi) is 3.73. The smallest absolute Gasteiger partial charge is 0.317 e. The number of nitrogen functional groups attached to an aromatic ring is 1. The molecule has 0 unspecified atom stereocenters. The van der Waals surface area contributed by atoms with Gasteiger partial charge in [0.15, 0.2) is 0 Å². The minimum absolute atomic E-state index is 0.0256. The van der Waals surface area contributed by atoms with Crippen LogP contribution in [0, 0.1) is 0 Å². The Labute approximate surface area is 108 Å². The summed E-state index contributed by atoms with van der Waals surface area (Å²) in [6.07, 6.45) is 0. The predicted molar refractivity (Wildman–Crippen MR) is 69.0 cm³/mol. The maximum atomic E-state index is 11.3. The first-order valence-electron chi connectivity index (χ1n) is 5.37. The molecule has 1 aliphatic heterocycles. The van der Waals surface area contributed by atoms with Crippen molar-refractivity contribution in [3.8, 4) is 5.75 Å². The number of urea groups is 1. The van der Waals surface area contributed by atoms with E-state index in [-0.39, 0.29) is 6.03 Å². The average Bonchev–Trinajstić information content (AvgIpc) is 2.63. The van der Waals surface area contributed by atoms with E-state index in [9.17, 15) is 4.79 Å². The minimum atomic E-state index is -0.0256. The Hall–Kier alpha value is -1.43. The SMILES string of the molecule is Nc1cc(Br)cc(OCCN2CCNC2=O)c1. The van der Waals surface area contributed by atoms with Crippen LogP contribution in [0.25, 0.3) is 0 Å². The molecule has 5 nitrogen and oxygen atoms in total. The van der Waals surface area contributed by atoms with Crippen LogP contribution < -0.4 is 15.8 Å². The second-order valence-corrected chi connectivity index (χ2v) is 4.70. The van der Waals surface area contributed by atoms with Crippen molar-refractivity contribution in [1.82, 2.24) is 10.2 Å². The molecule has 3 N–H and O–H groups in total. The molecule has 1 aromatic rings. The highest BCUT2D eigenvalue weighted by Crippen LogP contribution is 2.22. The molecule has 0 spiro atoms. The lowest BCUT2D eigenvalue weighted by atomic mass is 10.3. The van der Waals surface area contributed by atoms with Gasteiger partial charge in [-0.2, -0.15) is 0 Å². The molecule has 0 aliphatic carbocycles. The van der Waals surface area contributed by atoms with Crippen LogP contribution >= 0.6 is 15.9 Å². The normalized spacial score (nSPS) is 14.9. The van der Waals surface area contributed by atoms with Gasteiger partial charge >= 0.3 is 6.03 Å². The third kappa shape index (κ3) is 3.26. The summed E-state index contributed by atoms with van der Waals surface area (Å²) in [5, 5.41) is 2.74. The van der Waals surface area contributed by atoms with Crippen molar-refractivity contribution in [3.63, 3.8) is 0 Å². The number of rotatable bonds is 4. The zero-order valence-electron chi connectivity index (χ0n) is 9.28. The van der Waals surface area contributed by atoms with Crippen LogP contribution in [0.3, 0.4) is 0 Å². The lowest BCUT2D eigenvalue weighted by Crippen LogP contribution is -2.31. The second kappa shape index (κ2) is 5.27. The molecule has 0 atom stereocenters. The topological polar surface area (TPSA) is 67.6 Å². The Bertz CT molecular complexity index is 405. The number of carbonyl (C=O) groups is 1. The molecule has 6 heteroatoms. The number of carbonyl (C=O) groups excluding carboxylic acids is 1. The highest BCUT2D eigenvalue weighted by molar-refractivity contribution is 9.10. The first kappa shape index (κ1) is 12.0. The van der Waals surface area contributed by atoms with Gasteiger partial charge in [0.05, 0.1) is 6.54 Å². The van der Waals surface area contributed by atoms with Crippen molar-refractivity contribution in [2.75, 3.05) is 32.0 Å². The van der Waals surface area contributed by atoms with Crippen LogP contribution in [-0.2, 0) is 0 Å². The van der Waals surface area contributed by atoms with Gasteiger partial charge in [0.1, 0.15) is 12.4 Å². The number of nitrogens with two attached hydrogens (primary N) is 1. The van der Waals surface area contributed by atoms with Crippen molar-refractivity contribution in [2.45, 2.75) is 0 Å². The van der Waals surface area contributed by atoms with E-state index in [1.807, 2.05) is 6.07 Å². The van der Waals surface area contributed by atoms with Crippen molar-refractivity contribution in [2.24, 2.45) is 0 Å². The summed E-state index contributed by atoms with van der Waals surface area (Å²) in [7, 11) is 0. The number of ether oxygens (including phenoxy) is 1. The summed E-state index contributed by atoms with van der Waals surface area (Å²) in [4.78, 5) is 13.0. The van der Waals surface area contributed by atoms with Gasteiger partial charge in [-0.05, 0) is 12.1 Å². The van der Waals surface area contributed by atoms with Gasteiger partial charge in [0.25, 0.3) is 0 Å². The molecular formula is C11H14BrN3O2. The molecule has 1 aliphatic rings. The first-order chi connectivity index (χ1) is 8.15. The van der Waals surface area contributed by atoms with Gasteiger partial charge < -0.3 is 20.7 Å². The number of nitrogens with one attached hydrogen (secondary N) is 1. The van der Waals surface area contributed by atoms with Crippen LogP contribution in [0.4, 0.5) is 10.5 Å². The van der Waals surface area contributed by atoms with Crippen LogP contribution in [0.5, 0.6) is 5.75 Å². The largest absolute Gasteiger partial charge is 0.492 e. The van der Waals surface area contributed by atoms with Gasteiger partial charge in [-0.25, -0.2) is 4.79 Å². The minimum Gasteiger partial charge on any atom is -0.492 e. The van der Waals surface area contributed by atoms with Gasteiger partial charge in [0, 0.05) is 29.3 Å². The third-order valence-corrected chi connectivity index (χ3v) is 2.93. The van der Waals surface area contributed by atoms with E-state index in [0.717, 1.165) is 11.0 Å². The fraction of sp³-hybridized carbons (Fsp3) is 0.364. The molecular weight excluding hydrogens is 286 g/mol. The maximum Gasteiger partial charge on any atom is 0.317 e. The van der Waals surface area contributed by atoms with Gasteiger partial charge in [-0.1, -0.05) is 15.9 Å². The summed E-state index contributed by atoms with van der Waals surface area (Å²) in [6.45, 7) is 2.49. The lowest BCUT2D eigenvalue weighted by molar-refractivity contribution is 0.202. The Balaban J connectivity index is 1.83. The number of halogens is 1. The number of anilines is 1. The van der Waals surface area contributed by atoms with Gasteiger partial charge in [-0.3, -0.25) is 0 Å². The molecule has 2 amide bonds. The molecule has 0 bridgehead atoms. The van der Waals surface area contributed by atoms with Crippen LogP contribution in [-0.4, -0.2) is 37.2 Å². The molecule has 1 aromatic carbocycles. The molecule has 0 radical (unpaired) electrons. The molecule has 1 fully saturated rings. The first-order valence-corrected chi connectivity index (χ1v) is 6.16. The molecule has 92 valence electrons. The van der Waals surface area contributed by atoms with Gasteiger partial charge in [-0.15, -0.1) is 0 Å². The molecule has 1 saturated heterocycles. The molecule has 17 heavy (non-hydrogen) atoms. The highest BCUT2D eigenvalue weighted by Gasteiger charge is 2.18. The van der Waals surface area contributed by atoms with Crippen molar-refractivity contribution in [1.29, 1.82) is 0 Å². The quantitative estimate of drug-likeness (QED) is 0.827. The monoisotopic (exact) mass is 299 g/mol. The van der Waals surface area contributed by atoms with E-state index in [1.165, 1.54) is 0 Å². The zero-order valence-corrected chi connectivity index (χ0v) is 10.9. The number of hydrogen-bond donors (Lipinski definition) is 2. The molecule has 0 saturated carbocycles. The van der Waals surface area contributed by atoms with Crippen molar-refractivity contribution < 1.29 is 9.53 Å². The van der Waals surface area contributed by atoms with E-state index >= 15 is 0 Å².